The fraction of sp³-hybridized carbons (Fsp3) is 0.421. The first-order chi connectivity index (χ1) is 12.4. The minimum absolute atomic E-state index is 0.284. The molecule has 2 amide bonds. The monoisotopic (exact) mass is 377 g/mol. The molecule has 1 heterocycles. The van der Waals surface area contributed by atoms with Crippen LogP contribution in [0.15, 0.2) is 29.2 Å². The Labute approximate surface area is 157 Å². The summed E-state index contributed by atoms with van der Waals surface area (Å²) in [5.41, 5.74) is 0.781. The number of carbonyl (C=O) groups excluding carboxylic acids is 3. The number of amides is 2. The van der Waals surface area contributed by atoms with Crippen molar-refractivity contribution in [2.75, 3.05) is 13.2 Å². The number of thioether (sulfide) groups is 1. The lowest BCUT2D eigenvalue weighted by Gasteiger charge is -2.13. The van der Waals surface area contributed by atoms with Gasteiger partial charge >= 0.3 is 5.97 Å². The van der Waals surface area contributed by atoms with E-state index >= 15 is 0 Å². The number of benzene rings is 1. The normalized spacial score (nSPS) is 15.8. The molecule has 7 heteroatoms. The zero-order valence-corrected chi connectivity index (χ0v) is 16.0. The van der Waals surface area contributed by atoms with Crippen molar-refractivity contribution in [2.45, 2.75) is 39.7 Å². The third-order valence-corrected chi connectivity index (χ3v) is 4.38. The average molecular weight is 377 g/mol. The van der Waals surface area contributed by atoms with Gasteiger partial charge in [0.15, 0.2) is 0 Å². The number of esters is 1. The zero-order chi connectivity index (χ0) is 19.1. The second-order valence-electron chi connectivity index (χ2n) is 6.08. The highest BCUT2D eigenvalue weighted by Crippen LogP contribution is 2.32. The molecule has 1 aromatic carbocycles. The number of nitrogens with zero attached hydrogens (tertiary/aromatic N) is 1. The Morgan fingerprint density at radius 2 is 1.92 bits per heavy atom. The largest absolute Gasteiger partial charge is 0.494 e. The minimum atomic E-state index is -0.600. The molecule has 0 aliphatic carbocycles. The first kappa shape index (κ1) is 20.0. The number of imide groups is 1. The van der Waals surface area contributed by atoms with Gasteiger partial charge in [0.2, 0.25) is 0 Å². The van der Waals surface area contributed by atoms with Crippen LogP contribution in [0.1, 0.15) is 39.2 Å². The van der Waals surface area contributed by atoms with Crippen molar-refractivity contribution >= 4 is 35.0 Å². The Hall–Kier alpha value is -2.28. The van der Waals surface area contributed by atoms with E-state index in [4.69, 9.17) is 9.47 Å². The van der Waals surface area contributed by atoms with Crippen LogP contribution in [0.25, 0.3) is 6.08 Å². The average Bonchev–Trinajstić information content (AvgIpc) is 2.83. The molecule has 6 nitrogen and oxygen atoms in total. The van der Waals surface area contributed by atoms with E-state index in [1.54, 1.807) is 19.9 Å². The Morgan fingerprint density at radius 1 is 1.23 bits per heavy atom. The number of carbonyl (C=O) groups is 3. The highest BCUT2D eigenvalue weighted by atomic mass is 32.2. The third kappa shape index (κ3) is 5.62. The van der Waals surface area contributed by atoms with Gasteiger partial charge in [-0.15, -0.1) is 0 Å². The molecule has 1 aromatic rings. The number of hydrogen-bond acceptors (Lipinski definition) is 6. The SMILES string of the molecule is CCCCOc1ccc(/C=C2\SC(=O)N(CC(=O)OC(C)C)C2=O)cc1. The van der Waals surface area contributed by atoms with Crippen molar-refractivity contribution in [3.8, 4) is 5.75 Å². The van der Waals surface area contributed by atoms with Crippen molar-refractivity contribution in [3.05, 3.63) is 34.7 Å². The standard InChI is InChI=1S/C19H23NO5S/c1-4-5-10-24-15-8-6-14(7-9-15)11-16-18(22)20(19(23)26-16)12-17(21)25-13(2)3/h6-9,11,13H,4-5,10,12H2,1-3H3/b16-11-. The molecular formula is C19H23NO5S. The van der Waals surface area contributed by atoms with E-state index in [1.807, 2.05) is 24.3 Å². The molecule has 1 aliphatic heterocycles. The highest BCUT2D eigenvalue weighted by molar-refractivity contribution is 8.18. The number of unbranched alkanes of at least 4 members (excludes halogenated alkanes) is 1. The van der Waals surface area contributed by atoms with Crippen LogP contribution in [0.4, 0.5) is 4.79 Å². The van der Waals surface area contributed by atoms with Crippen LogP contribution in [-0.2, 0) is 14.3 Å². The summed E-state index contributed by atoms with van der Waals surface area (Å²) in [6.45, 7) is 5.82. The first-order valence-corrected chi connectivity index (χ1v) is 9.40. The molecule has 1 saturated heterocycles. The Morgan fingerprint density at radius 3 is 2.54 bits per heavy atom. The van der Waals surface area contributed by atoms with E-state index in [-0.39, 0.29) is 17.6 Å². The van der Waals surface area contributed by atoms with Crippen LogP contribution in [0.5, 0.6) is 5.75 Å². The summed E-state index contributed by atoms with van der Waals surface area (Å²) in [5.74, 6) is -0.318. The molecule has 0 bridgehead atoms. The Balaban J connectivity index is 2.01. The fourth-order valence-electron chi connectivity index (χ4n) is 2.21. The number of hydrogen-bond donors (Lipinski definition) is 0. The van der Waals surface area contributed by atoms with E-state index in [0.717, 1.165) is 40.8 Å². The molecule has 0 saturated carbocycles. The predicted octanol–water partition coefficient (Wildman–Crippen LogP) is 3.85. The maximum Gasteiger partial charge on any atom is 0.326 e. The number of ether oxygens (including phenoxy) is 2. The van der Waals surface area contributed by atoms with Gasteiger partial charge in [-0.1, -0.05) is 25.5 Å². The van der Waals surface area contributed by atoms with Crippen molar-refractivity contribution in [2.24, 2.45) is 0 Å². The van der Waals surface area contributed by atoms with Gasteiger partial charge in [0.05, 0.1) is 17.6 Å². The van der Waals surface area contributed by atoms with Crippen molar-refractivity contribution in [1.29, 1.82) is 0 Å². The Bertz CT molecular complexity index is 696. The summed E-state index contributed by atoms with van der Waals surface area (Å²) in [6, 6.07) is 7.29. The van der Waals surface area contributed by atoms with Gasteiger partial charge < -0.3 is 9.47 Å². The molecule has 0 atom stereocenters. The van der Waals surface area contributed by atoms with Crippen molar-refractivity contribution in [1.82, 2.24) is 4.90 Å². The second kappa shape index (κ2) is 9.43. The van der Waals surface area contributed by atoms with Crippen LogP contribution >= 0.6 is 11.8 Å². The van der Waals surface area contributed by atoms with Gasteiger partial charge in [0.25, 0.3) is 11.1 Å². The maximum atomic E-state index is 12.4. The molecule has 1 fully saturated rings. The van der Waals surface area contributed by atoms with Crippen LogP contribution in [-0.4, -0.2) is 41.3 Å². The van der Waals surface area contributed by atoms with Gasteiger partial charge in [-0.25, -0.2) is 0 Å². The predicted molar refractivity (Wildman–Crippen MR) is 101 cm³/mol. The summed E-state index contributed by atoms with van der Waals surface area (Å²) < 4.78 is 10.6. The molecule has 0 aromatic heterocycles. The zero-order valence-electron chi connectivity index (χ0n) is 15.2. The van der Waals surface area contributed by atoms with Gasteiger partial charge in [0, 0.05) is 0 Å². The topological polar surface area (TPSA) is 72.9 Å². The van der Waals surface area contributed by atoms with Crippen LogP contribution in [0, 0.1) is 0 Å². The van der Waals surface area contributed by atoms with E-state index in [0.29, 0.717) is 6.61 Å². The van der Waals surface area contributed by atoms with Crippen molar-refractivity contribution in [3.63, 3.8) is 0 Å². The van der Waals surface area contributed by atoms with Crippen molar-refractivity contribution < 1.29 is 23.9 Å². The summed E-state index contributed by atoms with van der Waals surface area (Å²) in [6.07, 6.45) is 3.40. The van der Waals surface area contributed by atoms with E-state index in [9.17, 15) is 14.4 Å². The molecule has 0 unspecified atom stereocenters. The van der Waals surface area contributed by atoms with E-state index in [1.165, 1.54) is 0 Å². The fourth-order valence-corrected chi connectivity index (χ4v) is 3.05. The third-order valence-electron chi connectivity index (χ3n) is 3.47. The van der Waals surface area contributed by atoms with Gasteiger partial charge in [-0.2, -0.15) is 0 Å². The van der Waals surface area contributed by atoms with Gasteiger partial charge in [-0.05, 0) is 55.8 Å². The quantitative estimate of drug-likeness (QED) is 0.389. The molecule has 0 radical (unpaired) electrons. The molecule has 26 heavy (non-hydrogen) atoms. The lowest BCUT2D eigenvalue weighted by molar-refractivity contribution is -0.149. The smallest absolute Gasteiger partial charge is 0.326 e. The summed E-state index contributed by atoms with van der Waals surface area (Å²) in [4.78, 5) is 37.3. The van der Waals surface area contributed by atoms with Crippen LogP contribution in [0.2, 0.25) is 0 Å². The Kier molecular flexibility index (Phi) is 7.26. The molecule has 140 valence electrons. The minimum Gasteiger partial charge on any atom is -0.494 e. The van der Waals surface area contributed by atoms with Crippen LogP contribution in [0.3, 0.4) is 0 Å². The lowest BCUT2D eigenvalue weighted by Crippen LogP contribution is -2.35. The number of rotatable bonds is 8. The van der Waals surface area contributed by atoms with E-state index < -0.39 is 17.1 Å². The molecule has 0 spiro atoms. The maximum absolute atomic E-state index is 12.4. The summed E-state index contributed by atoms with van der Waals surface area (Å²) in [5, 5.41) is -0.471. The molecular weight excluding hydrogens is 354 g/mol. The first-order valence-electron chi connectivity index (χ1n) is 8.58. The van der Waals surface area contributed by atoms with Gasteiger partial charge in [-0.3, -0.25) is 19.3 Å². The van der Waals surface area contributed by atoms with E-state index in [2.05, 4.69) is 6.92 Å². The summed E-state index contributed by atoms with van der Waals surface area (Å²) in [7, 11) is 0. The summed E-state index contributed by atoms with van der Waals surface area (Å²) >= 11 is 0.818. The molecule has 2 rings (SSSR count). The molecule has 1 aliphatic rings. The lowest BCUT2D eigenvalue weighted by atomic mass is 10.2. The highest BCUT2D eigenvalue weighted by Gasteiger charge is 2.36. The van der Waals surface area contributed by atoms with Crippen LogP contribution < -0.4 is 4.74 Å². The molecule has 0 N–H and O–H groups in total. The second-order valence-corrected chi connectivity index (χ2v) is 7.07. The van der Waals surface area contributed by atoms with Gasteiger partial charge in [0.1, 0.15) is 12.3 Å².